The van der Waals surface area contributed by atoms with Gasteiger partial charge in [-0.05, 0) is 56.3 Å². The summed E-state index contributed by atoms with van der Waals surface area (Å²) in [6.45, 7) is 3.71. The number of rotatable bonds is 3. The Morgan fingerprint density at radius 1 is 0.846 bits per heavy atom. The van der Waals surface area contributed by atoms with Crippen LogP contribution in [0.3, 0.4) is 0 Å². The lowest BCUT2D eigenvalue weighted by Gasteiger charge is -2.08. The van der Waals surface area contributed by atoms with Crippen LogP contribution >= 0.6 is 0 Å². The second-order valence-corrected chi connectivity index (χ2v) is 6.09. The lowest BCUT2D eigenvalue weighted by atomic mass is 10.1. The van der Waals surface area contributed by atoms with Crippen LogP contribution < -0.4 is 0 Å². The van der Waals surface area contributed by atoms with Crippen LogP contribution in [-0.4, -0.2) is 24.7 Å². The fourth-order valence-electron chi connectivity index (χ4n) is 3.02. The van der Waals surface area contributed by atoms with Crippen LogP contribution in [0.15, 0.2) is 60.7 Å². The second-order valence-electron chi connectivity index (χ2n) is 6.09. The van der Waals surface area contributed by atoms with Crippen molar-refractivity contribution >= 4 is 0 Å². The van der Waals surface area contributed by atoms with Gasteiger partial charge >= 0.3 is 0 Å². The van der Waals surface area contributed by atoms with Gasteiger partial charge in [0.25, 0.3) is 0 Å². The summed E-state index contributed by atoms with van der Waals surface area (Å²) in [6, 6.07) is 17.4. The predicted molar refractivity (Wildman–Crippen MR) is 97.2 cm³/mol. The fraction of sp³-hybridized carbons (Fsp3) is 0.100. The van der Waals surface area contributed by atoms with Crippen molar-refractivity contribution < 1.29 is 9.50 Å². The molecule has 0 radical (unpaired) electrons. The summed E-state index contributed by atoms with van der Waals surface area (Å²) in [6.07, 6.45) is 0. The number of para-hydroxylation sites is 1. The maximum absolute atomic E-state index is 13.3. The van der Waals surface area contributed by atoms with Gasteiger partial charge in [0.05, 0.1) is 34.0 Å². The Balaban J connectivity index is 1.90. The van der Waals surface area contributed by atoms with Crippen LogP contribution in [0.25, 0.3) is 22.6 Å². The molecule has 0 aliphatic carbocycles. The highest BCUT2D eigenvalue weighted by atomic mass is 19.1. The minimum absolute atomic E-state index is 0.0389. The van der Waals surface area contributed by atoms with E-state index in [1.807, 2.05) is 50.2 Å². The summed E-state index contributed by atoms with van der Waals surface area (Å²) in [5, 5.41) is 19.8. The van der Waals surface area contributed by atoms with Crippen molar-refractivity contribution in [1.82, 2.24) is 19.6 Å². The Morgan fingerprint density at radius 3 is 2.19 bits per heavy atom. The number of hydrogen-bond acceptors (Lipinski definition) is 3. The van der Waals surface area contributed by atoms with Crippen molar-refractivity contribution in [2.24, 2.45) is 0 Å². The van der Waals surface area contributed by atoms with Crippen LogP contribution in [0, 0.1) is 19.7 Å². The quantitative estimate of drug-likeness (QED) is 0.604. The molecule has 0 amide bonds. The normalized spacial score (nSPS) is 11.0. The zero-order valence-electron chi connectivity index (χ0n) is 14.4. The number of hydrogen-bond donors (Lipinski definition) is 1. The molecule has 2 aromatic carbocycles. The molecule has 5 nitrogen and oxygen atoms in total. The van der Waals surface area contributed by atoms with E-state index in [1.54, 1.807) is 16.8 Å². The van der Waals surface area contributed by atoms with Crippen molar-refractivity contribution in [2.75, 3.05) is 0 Å². The molecule has 0 fully saturated rings. The fourth-order valence-corrected chi connectivity index (χ4v) is 3.02. The molecule has 2 aromatic heterocycles. The minimum atomic E-state index is -0.310. The number of aromatic nitrogens is 4. The van der Waals surface area contributed by atoms with Gasteiger partial charge in [0.15, 0.2) is 0 Å². The Kier molecular flexibility index (Phi) is 3.80. The third-order valence-electron chi connectivity index (χ3n) is 4.20. The highest BCUT2D eigenvalue weighted by Gasteiger charge is 2.22. The van der Waals surface area contributed by atoms with Crippen LogP contribution in [0.5, 0.6) is 5.88 Å². The highest BCUT2D eigenvalue weighted by molar-refractivity contribution is 5.71. The van der Waals surface area contributed by atoms with Gasteiger partial charge in [-0.1, -0.05) is 18.2 Å². The van der Waals surface area contributed by atoms with E-state index in [0.29, 0.717) is 22.6 Å². The number of nitrogens with zero attached hydrogens (tertiary/aromatic N) is 4. The topological polar surface area (TPSA) is 55.9 Å². The molecule has 130 valence electrons. The summed E-state index contributed by atoms with van der Waals surface area (Å²) < 4.78 is 16.5. The first kappa shape index (κ1) is 16.1. The maximum atomic E-state index is 13.3. The van der Waals surface area contributed by atoms with E-state index < -0.39 is 0 Å². The second kappa shape index (κ2) is 6.15. The Labute approximate surface area is 150 Å². The summed E-state index contributed by atoms with van der Waals surface area (Å²) in [5.74, 6) is -0.271. The molecule has 0 bridgehead atoms. The van der Waals surface area contributed by atoms with E-state index in [0.717, 1.165) is 11.4 Å². The standard InChI is InChI=1S/C20H17FN4O/c1-13-12-18(24(22-13)17-10-8-15(21)9-11-17)19-14(2)23-25(20(19)26)16-6-4-3-5-7-16/h3-12,26H,1-2H3. The molecule has 0 aliphatic rings. The van der Waals surface area contributed by atoms with Crippen molar-refractivity contribution in [3.05, 3.63) is 77.9 Å². The molecular formula is C20H17FN4O. The molecular weight excluding hydrogens is 331 g/mol. The van der Waals surface area contributed by atoms with E-state index >= 15 is 0 Å². The molecule has 0 unspecified atom stereocenters. The molecule has 26 heavy (non-hydrogen) atoms. The number of aromatic hydroxyl groups is 1. The molecule has 6 heteroatoms. The molecule has 0 saturated heterocycles. The average molecular weight is 348 g/mol. The lowest BCUT2D eigenvalue weighted by molar-refractivity contribution is 0.435. The largest absolute Gasteiger partial charge is 0.493 e. The zero-order valence-corrected chi connectivity index (χ0v) is 14.4. The van der Waals surface area contributed by atoms with E-state index in [-0.39, 0.29) is 11.7 Å². The van der Waals surface area contributed by atoms with Gasteiger partial charge in [0.1, 0.15) is 5.82 Å². The maximum Gasteiger partial charge on any atom is 0.224 e. The Bertz CT molecular complexity index is 1070. The van der Waals surface area contributed by atoms with E-state index in [2.05, 4.69) is 10.2 Å². The van der Waals surface area contributed by atoms with Gasteiger partial charge in [0, 0.05) is 0 Å². The van der Waals surface area contributed by atoms with Crippen LogP contribution in [0.1, 0.15) is 11.4 Å². The SMILES string of the molecule is Cc1cc(-c2c(C)nn(-c3ccccc3)c2O)n(-c2ccc(F)cc2)n1. The summed E-state index contributed by atoms with van der Waals surface area (Å²) in [4.78, 5) is 0. The third-order valence-corrected chi connectivity index (χ3v) is 4.20. The van der Waals surface area contributed by atoms with Gasteiger partial charge in [-0.2, -0.15) is 10.2 Å². The molecule has 1 N–H and O–H groups in total. The molecule has 2 heterocycles. The first-order valence-corrected chi connectivity index (χ1v) is 8.21. The van der Waals surface area contributed by atoms with Crippen LogP contribution in [0.2, 0.25) is 0 Å². The van der Waals surface area contributed by atoms with E-state index in [4.69, 9.17) is 0 Å². The molecule has 0 atom stereocenters. The van der Waals surface area contributed by atoms with Gasteiger partial charge in [0.2, 0.25) is 5.88 Å². The monoisotopic (exact) mass is 348 g/mol. The number of benzene rings is 2. The van der Waals surface area contributed by atoms with Gasteiger partial charge in [-0.25, -0.2) is 13.8 Å². The van der Waals surface area contributed by atoms with Crippen molar-refractivity contribution in [2.45, 2.75) is 13.8 Å². The van der Waals surface area contributed by atoms with E-state index in [9.17, 15) is 9.50 Å². The zero-order chi connectivity index (χ0) is 18.3. The molecule has 0 spiro atoms. The summed E-state index contributed by atoms with van der Waals surface area (Å²) in [7, 11) is 0. The average Bonchev–Trinajstić information content (AvgIpc) is 3.15. The Hall–Kier alpha value is -3.41. The Morgan fingerprint density at radius 2 is 1.50 bits per heavy atom. The first-order valence-electron chi connectivity index (χ1n) is 8.21. The molecule has 0 aliphatic heterocycles. The van der Waals surface area contributed by atoms with Crippen molar-refractivity contribution in [1.29, 1.82) is 0 Å². The molecule has 4 rings (SSSR count). The third kappa shape index (κ3) is 2.65. The highest BCUT2D eigenvalue weighted by Crippen LogP contribution is 2.35. The number of halogens is 1. The molecule has 0 saturated carbocycles. The first-order chi connectivity index (χ1) is 12.5. The minimum Gasteiger partial charge on any atom is -0.493 e. The smallest absolute Gasteiger partial charge is 0.224 e. The van der Waals surface area contributed by atoms with Crippen LogP contribution in [0.4, 0.5) is 4.39 Å². The molecule has 4 aromatic rings. The number of aryl methyl sites for hydroxylation is 2. The van der Waals surface area contributed by atoms with Crippen molar-refractivity contribution in [3.63, 3.8) is 0 Å². The van der Waals surface area contributed by atoms with Crippen molar-refractivity contribution in [3.8, 4) is 28.5 Å². The van der Waals surface area contributed by atoms with Gasteiger partial charge in [-0.3, -0.25) is 0 Å². The lowest BCUT2D eigenvalue weighted by Crippen LogP contribution is -2.00. The van der Waals surface area contributed by atoms with Crippen LogP contribution in [-0.2, 0) is 0 Å². The predicted octanol–water partition coefficient (Wildman–Crippen LogP) is 4.19. The van der Waals surface area contributed by atoms with Gasteiger partial charge < -0.3 is 5.11 Å². The van der Waals surface area contributed by atoms with E-state index in [1.165, 1.54) is 16.8 Å². The summed E-state index contributed by atoms with van der Waals surface area (Å²) >= 11 is 0. The van der Waals surface area contributed by atoms with Gasteiger partial charge in [-0.15, -0.1) is 0 Å². The summed E-state index contributed by atoms with van der Waals surface area (Å²) in [5.41, 5.74) is 4.24.